The summed E-state index contributed by atoms with van der Waals surface area (Å²) in [6.07, 6.45) is 0.952. The van der Waals surface area contributed by atoms with Gasteiger partial charge in [-0.25, -0.2) is 4.79 Å². The maximum atomic E-state index is 11.6. The van der Waals surface area contributed by atoms with Crippen LogP contribution in [0.1, 0.15) is 12.0 Å². The van der Waals surface area contributed by atoms with E-state index in [9.17, 15) is 9.59 Å². The number of hydrogen-bond donors (Lipinski definition) is 1. The molecule has 0 radical (unpaired) electrons. The summed E-state index contributed by atoms with van der Waals surface area (Å²) >= 11 is 0. The maximum Gasteiger partial charge on any atom is 0.334 e. The number of ether oxygens (including phenoxy) is 4. The largest absolute Gasteiger partial charge is 0.493 e. The van der Waals surface area contributed by atoms with Crippen molar-refractivity contribution >= 4 is 18.0 Å². The van der Waals surface area contributed by atoms with Crippen LogP contribution in [0.5, 0.6) is 17.2 Å². The fraction of sp³-hybridized carbons (Fsp3) is 0.333. The van der Waals surface area contributed by atoms with E-state index in [0.29, 0.717) is 22.8 Å². The quantitative estimate of drug-likeness (QED) is 0.606. The molecule has 1 aromatic carbocycles. The number of methoxy groups -OCH3 is 4. The van der Waals surface area contributed by atoms with Crippen LogP contribution in [-0.4, -0.2) is 45.5 Å². The van der Waals surface area contributed by atoms with Gasteiger partial charge in [0.15, 0.2) is 11.5 Å². The number of carboxylic acids is 1. The van der Waals surface area contributed by atoms with Gasteiger partial charge in [0.05, 0.1) is 34.9 Å². The Bertz CT molecular complexity index is 565. The Balaban J connectivity index is 3.36. The number of carbonyl (C=O) groups excluding carboxylic acids is 1. The Labute approximate surface area is 128 Å². The molecule has 7 nitrogen and oxygen atoms in total. The summed E-state index contributed by atoms with van der Waals surface area (Å²) in [6, 6.07) is 3.21. The van der Waals surface area contributed by atoms with Crippen molar-refractivity contribution in [3.63, 3.8) is 0 Å². The van der Waals surface area contributed by atoms with Crippen molar-refractivity contribution < 1.29 is 33.6 Å². The third-order valence-corrected chi connectivity index (χ3v) is 2.82. The molecule has 22 heavy (non-hydrogen) atoms. The van der Waals surface area contributed by atoms with Crippen LogP contribution in [0.15, 0.2) is 17.7 Å². The first kappa shape index (κ1) is 17.4. The lowest BCUT2D eigenvalue weighted by Crippen LogP contribution is -2.09. The first-order chi connectivity index (χ1) is 10.5. The fourth-order valence-electron chi connectivity index (χ4n) is 1.86. The van der Waals surface area contributed by atoms with Crippen molar-refractivity contribution in [2.75, 3.05) is 28.4 Å². The molecule has 0 atom stereocenters. The van der Waals surface area contributed by atoms with Crippen LogP contribution in [-0.2, 0) is 14.3 Å². The molecule has 0 aromatic heterocycles. The lowest BCUT2D eigenvalue weighted by atomic mass is 10.1. The van der Waals surface area contributed by atoms with Gasteiger partial charge in [0.2, 0.25) is 5.75 Å². The minimum Gasteiger partial charge on any atom is -0.493 e. The number of esters is 1. The summed E-state index contributed by atoms with van der Waals surface area (Å²) in [5.74, 6) is -0.652. The molecule has 0 aliphatic heterocycles. The highest BCUT2D eigenvalue weighted by atomic mass is 16.5. The highest BCUT2D eigenvalue weighted by Gasteiger charge is 2.16. The van der Waals surface area contributed by atoms with Gasteiger partial charge in [-0.15, -0.1) is 0 Å². The predicted octanol–water partition coefficient (Wildman–Crippen LogP) is 1.74. The molecule has 0 bridgehead atoms. The van der Waals surface area contributed by atoms with E-state index in [4.69, 9.17) is 19.3 Å². The second-order valence-electron chi connectivity index (χ2n) is 4.19. The molecule has 0 aliphatic carbocycles. The van der Waals surface area contributed by atoms with Crippen LogP contribution in [0.25, 0.3) is 6.08 Å². The standard InChI is InChI=1S/C15H18O7/c1-19-11-6-9(7-12(20-2)14(11)21-3)5-10(8-13(16)17)15(18)22-4/h5-7H,8H2,1-4H3,(H,16,17)/b10-5-. The molecule has 0 fully saturated rings. The minimum absolute atomic E-state index is 0.00396. The van der Waals surface area contributed by atoms with Gasteiger partial charge >= 0.3 is 11.9 Å². The highest BCUT2D eigenvalue weighted by molar-refractivity contribution is 5.98. The third-order valence-electron chi connectivity index (χ3n) is 2.82. The molecule has 0 amide bonds. The Kier molecular flexibility index (Phi) is 6.25. The number of carboxylic acid groups (broad SMARTS) is 1. The second-order valence-corrected chi connectivity index (χ2v) is 4.19. The average molecular weight is 310 g/mol. The van der Waals surface area contributed by atoms with Gasteiger partial charge in [0.25, 0.3) is 0 Å². The van der Waals surface area contributed by atoms with Crippen LogP contribution < -0.4 is 14.2 Å². The number of carbonyl (C=O) groups is 2. The summed E-state index contributed by atoms with van der Waals surface area (Å²) in [5.41, 5.74) is 0.528. The Hall–Kier alpha value is -2.70. The SMILES string of the molecule is COC(=O)/C(=C\c1cc(OC)c(OC)c(OC)c1)CC(=O)O. The summed E-state index contributed by atoms with van der Waals surface area (Å²) < 4.78 is 20.2. The molecule has 120 valence electrons. The number of rotatable bonds is 7. The van der Waals surface area contributed by atoms with Crippen molar-refractivity contribution in [2.24, 2.45) is 0 Å². The van der Waals surface area contributed by atoms with Crippen molar-refractivity contribution in [3.8, 4) is 17.2 Å². The van der Waals surface area contributed by atoms with Gasteiger partial charge in [-0.2, -0.15) is 0 Å². The van der Waals surface area contributed by atoms with E-state index in [1.54, 1.807) is 12.1 Å². The summed E-state index contributed by atoms with van der Waals surface area (Å²) in [6.45, 7) is 0. The van der Waals surface area contributed by atoms with Gasteiger partial charge in [-0.1, -0.05) is 0 Å². The summed E-state index contributed by atoms with van der Waals surface area (Å²) in [5, 5.41) is 8.87. The van der Waals surface area contributed by atoms with Gasteiger partial charge in [0, 0.05) is 5.57 Å². The van der Waals surface area contributed by atoms with E-state index in [1.807, 2.05) is 0 Å². The molecule has 0 saturated carbocycles. The minimum atomic E-state index is -1.14. The van der Waals surface area contributed by atoms with Crippen molar-refractivity contribution in [3.05, 3.63) is 23.3 Å². The summed E-state index contributed by atoms with van der Waals surface area (Å²) in [4.78, 5) is 22.5. The number of benzene rings is 1. The Morgan fingerprint density at radius 2 is 1.59 bits per heavy atom. The van der Waals surface area contributed by atoms with E-state index in [-0.39, 0.29) is 5.57 Å². The van der Waals surface area contributed by atoms with E-state index in [0.717, 1.165) is 0 Å². The average Bonchev–Trinajstić information content (AvgIpc) is 2.51. The Morgan fingerprint density at radius 1 is 1.05 bits per heavy atom. The van der Waals surface area contributed by atoms with Crippen LogP contribution in [0, 0.1) is 0 Å². The van der Waals surface area contributed by atoms with Crippen LogP contribution in [0.4, 0.5) is 0 Å². The lowest BCUT2D eigenvalue weighted by molar-refractivity contribution is -0.141. The number of aliphatic carboxylic acids is 1. The first-order valence-electron chi connectivity index (χ1n) is 6.27. The highest BCUT2D eigenvalue weighted by Crippen LogP contribution is 2.38. The normalized spacial score (nSPS) is 10.8. The monoisotopic (exact) mass is 310 g/mol. The molecule has 1 rings (SSSR count). The van der Waals surface area contributed by atoms with Gasteiger partial charge in [-0.05, 0) is 23.8 Å². The molecule has 0 heterocycles. The molecule has 1 N–H and O–H groups in total. The van der Waals surface area contributed by atoms with Crippen LogP contribution >= 0.6 is 0 Å². The van der Waals surface area contributed by atoms with E-state index < -0.39 is 18.4 Å². The third kappa shape index (κ3) is 4.15. The van der Waals surface area contributed by atoms with Crippen molar-refractivity contribution in [1.29, 1.82) is 0 Å². The molecular formula is C15H18O7. The smallest absolute Gasteiger partial charge is 0.334 e. The molecule has 0 saturated heterocycles. The molecule has 1 aromatic rings. The molecule has 0 aliphatic rings. The zero-order chi connectivity index (χ0) is 16.7. The Morgan fingerprint density at radius 3 is 1.95 bits per heavy atom. The van der Waals surface area contributed by atoms with Gasteiger partial charge < -0.3 is 24.1 Å². The van der Waals surface area contributed by atoms with Crippen molar-refractivity contribution in [1.82, 2.24) is 0 Å². The lowest BCUT2D eigenvalue weighted by Gasteiger charge is -2.13. The fourth-order valence-corrected chi connectivity index (χ4v) is 1.86. The first-order valence-corrected chi connectivity index (χ1v) is 6.27. The predicted molar refractivity (Wildman–Crippen MR) is 78.3 cm³/mol. The zero-order valence-electron chi connectivity index (χ0n) is 12.8. The second kappa shape index (κ2) is 7.92. The van der Waals surface area contributed by atoms with Crippen molar-refractivity contribution in [2.45, 2.75) is 6.42 Å². The maximum absolute atomic E-state index is 11.6. The number of hydrogen-bond acceptors (Lipinski definition) is 6. The van der Waals surface area contributed by atoms with E-state index in [1.165, 1.54) is 34.5 Å². The topological polar surface area (TPSA) is 91.3 Å². The molecule has 0 spiro atoms. The molecular weight excluding hydrogens is 292 g/mol. The van der Waals surface area contributed by atoms with Crippen LogP contribution in [0.3, 0.4) is 0 Å². The molecule has 0 unspecified atom stereocenters. The van der Waals surface area contributed by atoms with E-state index >= 15 is 0 Å². The molecule has 7 heteroatoms. The summed E-state index contributed by atoms with van der Waals surface area (Å²) in [7, 11) is 5.58. The van der Waals surface area contributed by atoms with E-state index in [2.05, 4.69) is 4.74 Å². The zero-order valence-corrected chi connectivity index (χ0v) is 12.8. The van der Waals surface area contributed by atoms with Crippen LogP contribution in [0.2, 0.25) is 0 Å². The van der Waals surface area contributed by atoms with Gasteiger partial charge in [0.1, 0.15) is 0 Å². The van der Waals surface area contributed by atoms with Gasteiger partial charge in [-0.3, -0.25) is 4.79 Å².